The van der Waals surface area contributed by atoms with E-state index in [4.69, 9.17) is 0 Å². The molecule has 0 radical (unpaired) electrons. The highest BCUT2D eigenvalue weighted by molar-refractivity contribution is 7.90. The Morgan fingerprint density at radius 2 is 1.57 bits per heavy atom. The quantitative estimate of drug-likeness (QED) is 0.717. The summed E-state index contributed by atoms with van der Waals surface area (Å²) in [4.78, 5) is 0. The molecule has 0 aromatic heterocycles. The van der Waals surface area contributed by atoms with Gasteiger partial charge in [-0.25, -0.2) is 8.42 Å². The largest absolute Gasteiger partial charge is 0.316 e. The van der Waals surface area contributed by atoms with E-state index in [1.807, 2.05) is 48.5 Å². The van der Waals surface area contributed by atoms with Crippen LogP contribution in [0.25, 0.3) is 0 Å². The Kier molecular flexibility index (Phi) is 6.81. The van der Waals surface area contributed by atoms with E-state index in [0.717, 1.165) is 18.7 Å². The van der Waals surface area contributed by atoms with Crippen molar-refractivity contribution in [3.05, 3.63) is 71.8 Å². The van der Waals surface area contributed by atoms with Crippen molar-refractivity contribution in [1.29, 1.82) is 0 Å². The van der Waals surface area contributed by atoms with E-state index in [-0.39, 0.29) is 11.5 Å². The highest BCUT2D eigenvalue weighted by atomic mass is 32.2. The lowest BCUT2D eigenvalue weighted by molar-refractivity contribution is 0.581. The minimum Gasteiger partial charge on any atom is -0.316 e. The van der Waals surface area contributed by atoms with Gasteiger partial charge < -0.3 is 5.32 Å². The first kappa shape index (κ1) is 17.7. The minimum atomic E-state index is -3.03. The second-order valence-corrected chi connectivity index (χ2v) is 8.13. The van der Waals surface area contributed by atoms with Crippen molar-refractivity contribution in [2.24, 2.45) is 0 Å². The fourth-order valence-electron chi connectivity index (χ4n) is 2.54. The third kappa shape index (κ3) is 6.55. The highest BCUT2D eigenvalue weighted by Gasteiger charge is 2.11. The molecule has 2 aromatic carbocycles. The summed E-state index contributed by atoms with van der Waals surface area (Å²) in [6.45, 7) is 3.77. The van der Waals surface area contributed by atoms with Crippen LogP contribution < -0.4 is 5.32 Å². The summed E-state index contributed by atoms with van der Waals surface area (Å²) >= 11 is 0. The van der Waals surface area contributed by atoms with Gasteiger partial charge in [0, 0.05) is 6.54 Å². The molecule has 2 aromatic rings. The van der Waals surface area contributed by atoms with Crippen molar-refractivity contribution in [2.45, 2.75) is 25.0 Å². The van der Waals surface area contributed by atoms with Crippen LogP contribution in [-0.2, 0) is 15.6 Å². The molecular weight excluding hydrogens is 306 g/mol. The molecule has 4 heteroatoms. The van der Waals surface area contributed by atoms with Gasteiger partial charge in [0.25, 0.3) is 0 Å². The monoisotopic (exact) mass is 331 g/mol. The molecule has 1 unspecified atom stereocenters. The molecule has 0 saturated carbocycles. The van der Waals surface area contributed by atoms with Crippen LogP contribution in [0.1, 0.15) is 30.4 Å². The lowest BCUT2D eigenvalue weighted by atomic mass is 10.0. The molecule has 0 aliphatic carbocycles. The maximum Gasteiger partial charge on any atom is 0.154 e. The van der Waals surface area contributed by atoms with Crippen molar-refractivity contribution in [2.75, 3.05) is 18.8 Å². The van der Waals surface area contributed by atoms with E-state index in [2.05, 4.69) is 24.4 Å². The molecule has 0 saturated heterocycles. The first-order valence-corrected chi connectivity index (χ1v) is 9.89. The molecular formula is C19H25NO2S. The maximum absolute atomic E-state index is 12.1. The minimum absolute atomic E-state index is 0.133. The van der Waals surface area contributed by atoms with E-state index in [1.54, 1.807) is 0 Å². The van der Waals surface area contributed by atoms with Crippen LogP contribution in [0.4, 0.5) is 0 Å². The van der Waals surface area contributed by atoms with Gasteiger partial charge in [-0.15, -0.1) is 0 Å². The Morgan fingerprint density at radius 1 is 0.957 bits per heavy atom. The van der Waals surface area contributed by atoms with Gasteiger partial charge in [0.1, 0.15) is 0 Å². The molecule has 0 bridgehead atoms. The van der Waals surface area contributed by atoms with E-state index in [9.17, 15) is 8.42 Å². The van der Waals surface area contributed by atoms with Gasteiger partial charge in [0.2, 0.25) is 0 Å². The lowest BCUT2D eigenvalue weighted by Crippen LogP contribution is -2.23. The Morgan fingerprint density at radius 3 is 2.22 bits per heavy atom. The summed E-state index contributed by atoms with van der Waals surface area (Å²) < 4.78 is 24.2. The fourth-order valence-corrected chi connectivity index (χ4v) is 3.96. The Bertz CT molecular complexity index is 669. The van der Waals surface area contributed by atoms with Gasteiger partial charge in [0.15, 0.2) is 9.84 Å². The third-order valence-corrected chi connectivity index (χ3v) is 5.54. The zero-order valence-corrected chi connectivity index (χ0v) is 14.4. The van der Waals surface area contributed by atoms with Crippen molar-refractivity contribution < 1.29 is 8.42 Å². The average molecular weight is 331 g/mol. The standard InChI is InChI=1S/C19H25NO2S/c1-17(19-11-6-3-7-12-19)15-20-13-8-14-23(21,22)16-18-9-4-2-5-10-18/h2-7,9-12,17,20H,8,13-16H2,1H3. The summed E-state index contributed by atoms with van der Waals surface area (Å²) in [6.07, 6.45) is 0.649. The molecule has 3 nitrogen and oxygen atoms in total. The average Bonchev–Trinajstić information content (AvgIpc) is 2.55. The van der Waals surface area contributed by atoms with Gasteiger partial charge >= 0.3 is 0 Å². The van der Waals surface area contributed by atoms with E-state index < -0.39 is 9.84 Å². The zero-order valence-electron chi connectivity index (χ0n) is 13.6. The van der Waals surface area contributed by atoms with E-state index in [1.165, 1.54) is 5.56 Å². The fraction of sp³-hybridized carbons (Fsp3) is 0.368. The van der Waals surface area contributed by atoms with Crippen molar-refractivity contribution in [1.82, 2.24) is 5.32 Å². The molecule has 0 amide bonds. The molecule has 0 fully saturated rings. The van der Waals surface area contributed by atoms with Crippen LogP contribution >= 0.6 is 0 Å². The Balaban J connectivity index is 1.67. The summed E-state index contributed by atoms with van der Waals surface area (Å²) in [6, 6.07) is 19.7. The topological polar surface area (TPSA) is 46.2 Å². The van der Waals surface area contributed by atoms with Gasteiger partial charge in [-0.1, -0.05) is 67.6 Å². The van der Waals surface area contributed by atoms with Crippen LogP contribution in [-0.4, -0.2) is 27.3 Å². The molecule has 2 rings (SSSR count). The van der Waals surface area contributed by atoms with Gasteiger partial charge in [0.05, 0.1) is 11.5 Å². The van der Waals surface area contributed by atoms with Crippen molar-refractivity contribution in [3.8, 4) is 0 Å². The summed E-state index contributed by atoms with van der Waals surface area (Å²) in [7, 11) is -3.03. The molecule has 1 atom stereocenters. The van der Waals surface area contributed by atoms with Gasteiger partial charge in [-0.2, -0.15) is 0 Å². The molecule has 1 N–H and O–H groups in total. The number of hydrogen-bond acceptors (Lipinski definition) is 3. The molecule has 0 spiro atoms. The van der Waals surface area contributed by atoms with Crippen LogP contribution in [0, 0.1) is 0 Å². The molecule has 124 valence electrons. The molecule has 0 aliphatic heterocycles. The van der Waals surface area contributed by atoms with E-state index >= 15 is 0 Å². The van der Waals surface area contributed by atoms with Crippen molar-refractivity contribution in [3.63, 3.8) is 0 Å². The Labute approximate surface area is 139 Å². The first-order chi connectivity index (χ1) is 11.1. The second kappa shape index (κ2) is 8.85. The van der Waals surface area contributed by atoms with Crippen molar-refractivity contribution >= 4 is 9.84 Å². The Hall–Kier alpha value is -1.65. The number of benzene rings is 2. The molecule has 0 aliphatic rings. The third-order valence-electron chi connectivity index (χ3n) is 3.86. The normalized spacial score (nSPS) is 12.9. The predicted octanol–water partition coefficient (Wildman–Crippen LogP) is 3.38. The highest BCUT2D eigenvalue weighted by Crippen LogP contribution is 2.13. The van der Waals surface area contributed by atoms with Crippen LogP contribution in [0.2, 0.25) is 0 Å². The SMILES string of the molecule is CC(CNCCCS(=O)(=O)Cc1ccccc1)c1ccccc1. The maximum atomic E-state index is 12.1. The molecule has 0 heterocycles. The number of hydrogen-bond donors (Lipinski definition) is 1. The van der Waals surface area contributed by atoms with Crippen LogP contribution in [0.15, 0.2) is 60.7 Å². The molecule has 23 heavy (non-hydrogen) atoms. The number of sulfone groups is 1. The number of rotatable bonds is 9. The summed E-state index contributed by atoms with van der Waals surface area (Å²) in [5, 5.41) is 3.36. The smallest absolute Gasteiger partial charge is 0.154 e. The summed E-state index contributed by atoms with van der Waals surface area (Å²) in [5.41, 5.74) is 2.16. The predicted molar refractivity (Wildman–Crippen MR) is 96.3 cm³/mol. The lowest BCUT2D eigenvalue weighted by Gasteiger charge is -2.13. The summed E-state index contributed by atoms with van der Waals surface area (Å²) in [5.74, 6) is 0.792. The second-order valence-electron chi connectivity index (χ2n) is 5.95. The number of nitrogens with one attached hydrogen (secondary N) is 1. The first-order valence-electron chi connectivity index (χ1n) is 8.07. The van der Waals surface area contributed by atoms with Crippen LogP contribution in [0.5, 0.6) is 0 Å². The zero-order chi connectivity index (χ0) is 16.5. The van der Waals surface area contributed by atoms with Gasteiger partial charge in [-0.05, 0) is 30.0 Å². The van der Waals surface area contributed by atoms with Gasteiger partial charge in [-0.3, -0.25) is 0 Å². The van der Waals surface area contributed by atoms with E-state index in [0.29, 0.717) is 12.3 Å². The van der Waals surface area contributed by atoms with Crippen LogP contribution in [0.3, 0.4) is 0 Å².